The van der Waals surface area contributed by atoms with Crippen LogP contribution in [0.1, 0.15) is 33.6 Å². The van der Waals surface area contributed by atoms with Gasteiger partial charge in [-0.25, -0.2) is 0 Å². The van der Waals surface area contributed by atoms with Crippen molar-refractivity contribution in [1.82, 2.24) is 10.2 Å². The summed E-state index contributed by atoms with van der Waals surface area (Å²) in [6, 6.07) is 0.596. The summed E-state index contributed by atoms with van der Waals surface area (Å²) in [5, 5.41) is 3.51. The van der Waals surface area contributed by atoms with Crippen LogP contribution >= 0.6 is 0 Å². The molecule has 1 unspecified atom stereocenters. The molecule has 1 saturated heterocycles. The second-order valence-corrected chi connectivity index (χ2v) is 5.95. The molecule has 1 fully saturated rings. The molecule has 0 aromatic heterocycles. The van der Waals surface area contributed by atoms with Crippen molar-refractivity contribution in [1.29, 1.82) is 0 Å². The minimum absolute atomic E-state index is 0.596. The Balaban J connectivity index is 2.12. The summed E-state index contributed by atoms with van der Waals surface area (Å²) in [5.41, 5.74) is 0. The highest BCUT2D eigenvalue weighted by molar-refractivity contribution is 4.70. The molecule has 102 valence electrons. The second-order valence-electron chi connectivity index (χ2n) is 5.95. The molecule has 0 aliphatic carbocycles. The number of ether oxygens (including phenoxy) is 1. The molecule has 0 aromatic rings. The van der Waals surface area contributed by atoms with Crippen molar-refractivity contribution in [2.24, 2.45) is 11.8 Å². The van der Waals surface area contributed by atoms with Crippen LogP contribution in [0.25, 0.3) is 0 Å². The van der Waals surface area contributed by atoms with Crippen molar-refractivity contribution >= 4 is 0 Å². The van der Waals surface area contributed by atoms with E-state index in [-0.39, 0.29) is 0 Å². The predicted octanol–water partition coefficient (Wildman–Crippen LogP) is 1.98. The van der Waals surface area contributed by atoms with Gasteiger partial charge in [-0.3, -0.25) is 0 Å². The van der Waals surface area contributed by atoms with Crippen LogP contribution in [-0.2, 0) is 4.74 Å². The van der Waals surface area contributed by atoms with Crippen LogP contribution in [0.4, 0.5) is 0 Å². The lowest BCUT2D eigenvalue weighted by molar-refractivity contribution is 0.0543. The Bertz CT molecular complexity index is 191. The molecule has 17 heavy (non-hydrogen) atoms. The third-order valence-electron chi connectivity index (χ3n) is 3.41. The number of nitrogens with one attached hydrogen (secondary N) is 1. The van der Waals surface area contributed by atoms with E-state index in [2.05, 4.69) is 38.0 Å². The highest BCUT2D eigenvalue weighted by Crippen LogP contribution is 2.15. The molecule has 0 bridgehead atoms. The lowest BCUT2D eigenvalue weighted by Gasteiger charge is -2.29. The zero-order valence-electron chi connectivity index (χ0n) is 12.0. The molecule has 1 atom stereocenters. The van der Waals surface area contributed by atoms with Crippen LogP contribution in [0.5, 0.6) is 0 Å². The molecule has 1 heterocycles. The third kappa shape index (κ3) is 7.02. The normalized spacial score (nSPS) is 20.1. The van der Waals surface area contributed by atoms with E-state index < -0.39 is 0 Å². The molecule has 3 heteroatoms. The Hall–Kier alpha value is -0.120. The molecule has 0 radical (unpaired) electrons. The van der Waals surface area contributed by atoms with E-state index in [0.29, 0.717) is 6.04 Å². The smallest absolute Gasteiger partial charge is 0.0469 e. The quantitative estimate of drug-likeness (QED) is 0.739. The minimum atomic E-state index is 0.596. The standard InChI is InChI=1S/C14H30N2O/c1-12(2)15-9-13(3)10-16(4)11-14-5-7-17-8-6-14/h12-15H,5-11H2,1-4H3. The van der Waals surface area contributed by atoms with Crippen molar-refractivity contribution in [3.8, 4) is 0 Å². The Morgan fingerprint density at radius 1 is 1.24 bits per heavy atom. The van der Waals surface area contributed by atoms with Crippen molar-refractivity contribution in [3.63, 3.8) is 0 Å². The molecule has 0 spiro atoms. The summed E-state index contributed by atoms with van der Waals surface area (Å²) in [6.45, 7) is 12.2. The van der Waals surface area contributed by atoms with Gasteiger partial charge in [0.1, 0.15) is 0 Å². The molecule has 0 amide bonds. The van der Waals surface area contributed by atoms with E-state index in [1.54, 1.807) is 0 Å². The van der Waals surface area contributed by atoms with Gasteiger partial charge in [-0.05, 0) is 38.3 Å². The summed E-state index contributed by atoms with van der Waals surface area (Å²) in [4.78, 5) is 2.49. The van der Waals surface area contributed by atoms with Crippen LogP contribution in [0.2, 0.25) is 0 Å². The van der Waals surface area contributed by atoms with E-state index >= 15 is 0 Å². The topological polar surface area (TPSA) is 24.5 Å². The van der Waals surface area contributed by atoms with Gasteiger partial charge in [-0.15, -0.1) is 0 Å². The maximum atomic E-state index is 5.40. The van der Waals surface area contributed by atoms with Gasteiger partial charge < -0.3 is 15.0 Å². The fourth-order valence-electron chi connectivity index (χ4n) is 2.48. The fraction of sp³-hybridized carbons (Fsp3) is 1.00. The molecule has 0 saturated carbocycles. The van der Waals surface area contributed by atoms with E-state index in [0.717, 1.165) is 31.6 Å². The summed E-state index contributed by atoms with van der Waals surface area (Å²) >= 11 is 0. The first-order valence-electron chi connectivity index (χ1n) is 7.07. The lowest BCUT2D eigenvalue weighted by atomic mass is 9.99. The first-order valence-corrected chi connectivity index (χ1v) is 7.07. The molecular weight excluding hydrogens is 212 g/mol. The van der Waals surface area contributed by atoms with Crippen molar-refractivity contribution in [3.05, 3.63) is 0 Å². The maximum Gasteiger partial charge on any atom is 0.0469 e. The number of rotatable bonds is 7. The summed E-state index contributed by atoms with van der Waals surface area (Å²) in [6.07, 6.45) is 2.48. The van der Waals surface area contributed by atoms with Gasteiger partial charge in [-0.1, -0.05) is 20.8 Å². The minimum Gasteiger partial charge on any atom is -0.381 e. The highest BCUT2D eigenvalue weighted by atomic mass is 16.5. The molecule has 1 rings (SSSR count). The van der Waals surface area contributed by atoms with Crippen LogP contribution in [-0.4, -0.2) is 50.8 Å². The van der Waals surface area contributed by atoms with Gasteiger partial charge in [0.2, 0.25) is 0 Å². The van der Waals surface area contributed by atoms with Crippen LogP contribution in [0.3, 0.4) is 0 Å². The molecular formula is C14H30N2O. The lowest BCUT2D eigenvalue weighted by Crippen LogP contribution is -2.36. The zero-order valence-corrected chi connectivity index (χ0v) is 12.0. The highest BCUT2D eigenvalue weighted by Gasteiger charge is 2.16. The van der Waals surface area contributed by atoms with Crippen LogP contribution in [0, 0.1) is 11.8 Å². The van der Waals surface area contributed by atoms with Gasteiger partial charge >= 0.3 is 0 Å². The first kappa shape index (κ1) is 14.9. The first-order chi connectivity index (χ1) is 8.08. The van der Waals surface area contributed by atoms with E-state index in [9.17, 15) is 0 Å². The van der Waals surface area contributed by atoms with E-state index in [1.165, 1.54) is 25.9 Å². The molecule has 1 aliphatic heterocycles. The number of hydrogen-bond acceptors (Lipinski definition) is 3. The predicted molar refractivity (Wildman–Crippen MR) is 73.3 cm³/mol. The summed E-state index contributed by atoms with van der Waals surface area (Å²) < 4.78 is 5.40. The van der Waals surface area contributed by atoms with Gasteiger partial charge in [0, 0.05) is 32.3 Å². The van der Waals surface area contributed by atoms with E-state index in [1.807, 2.05) is 0 Å². The largest absolute Gasteiger partial charge is 0.381 e. The third-order valence-corrected chi connectivity index (χ3v) is 3.41. The van der Waals surface area contributed by atoms with Gasteiger partial charge in [0.05, 0.1) is 0 Å². The monoisotopic (exact) mass is 242 g/mol. The van der Waals surface area contributed by atoms with Crippen molar-refractivity contribution in [2.45, 2.75) is 39.7 Å². The molecule has 3 nitrogen and oxygen atoms in total. The molecule has 1 N–H and O–H groups in total. The van der Waals surface area contributed by atoms with Gasteiger partial charge in [0.25, 0.3) is 0 Å². The number of hydrogen-bond donors (Lipinski definition) is 1. The molecule has 1 aliphatic rings. The van der Waals surface area contributed by atoms with Gasteiger partial charge in [0.15, 0.2) is 0 Å². The Labute approximate surface area is 107 Å². The van der Waals surface area contributed by atoms with Crippen molar-refractivity contribution < 1.29 is 4.74 Å². The van der Waals surface area contributed by atoms with Gasteiger partial charge in [-0.2, -0.15) is 0 Å². The molecule has 0 aromatic carbocycles. The second kappa shape index (κ2) is 8.06. The van der Waals surface area contributed by atoms with Crippen LogP contribution in [0.15, 0.2) is 0 Å². The Morgan fingerprint density at radius 3 is 2.47 bits per heavy atom. The summed E-state index contributed by atoms with van der Waals surface area (Å²) in [7, 11) is 2.25. The maximum absolute atomic E-state index is 5.40. The SMILES string of the molecule is CC(CNC(C)C)CN(C)CC1CCOCC1. The number of nitrogens with zero attached hydrogens (tertiary/aromatic N) is 1. The average molecular weight is 242 g/mol. The average Bonchev–Trinajstić information content (AvgIpc) is 2.27. The zero-order chi connectivity index (χ0) is 12.7. The van der Waals surface area contributed by atoms with Crippen LogP contribution < -0.4 is 5.32 Å². The van der Waals surface area contributed by atoms with Crippen molar-refractivity contribution in [2.75, 3.05) is 39.9 Å². The van der Waals surface area contributed by atoms with E-state index in [4.69, 9.17) is 4.74 Å². The Kier molecular flexibility index (Phi) is 7.09. The summed E-state index contributed by atoms with van der Waals surface area (Å²) in [5.74, 6) is 1.57. The fourth-order valence-corrected chi connectivity index (χ4v) is 2.48. The Morgan fingerprint density at radius 2 is 1.88 bits per heavy atom.